The largest absolute Gasteiger partial charge is 0.412 e. The van der Waals surface area contributed by atoms with Gasteiger partial charge in [-0.1, -0.05) is 48.5 Å². The summed E-state index contributed by atoms with van der Waals surface area (Å²) in [6.07, 6.45) is -0.263. The van der Waals surface area contributed by atoms with Gasteiger partial charge in [0.15, 0.2) is 5.90 Å². The summed E-state index contributed by atoms with van der Waals surface area (Å²) in [5.41, 5.74) is 2.95. The number of aliphatic imine (C=N–C) groups is 1. The molecule has 1 amide bonds. The van der Waals surface area contributed by atoms with Crippen LogP contribution in [0.2, 0.25) is 0 Å². The van der Waals surface area contributed by atoms with Crippen molar-refractivity contribution in [2.24, 2.45) is 10.9 Å². The molecule has 2 aliphatic heterocycles. The molecule has 5 N–H and O–H groups in total. The zero-order valence-corrected chi connectivity index (χ0v) is 15.7. The van der Waals surface area contributed by atoms with Gasteiger partial charge in [0.1, 0.15) is 0 Å². The molecule has 1 fully saturated rings. The molecule has 148 valence electrons. The van der Waals surface area contributed by atoms with Crippen molar-refractivity contribution >= 4 is 29.2 Å². The molecule has 2 atom stereocenters. The molecular weight excluding hydrogens is 368 g/mol. The maximum absolute atomic E-state index is 12.7. The van der Waals surface area contributed by atoms with Gasteiger partial charge in [0.05, 0.1) is 11.4 Å². The fraction of sp³-hybridized carbons (Fsp3) is 0.238. The highest BCUT2D eigenvalue weighted by Crippen LogP contribution is 2.23. The van der Waals surface area contributed by atoms with Crippen LogP contribution in [0.1, 0.15) is 17.5 Å². The van der Waals surface area contributed by atoms with E-state index in [2.05, 4.69) is 20.9 Å². The number of nitrogens with one attached hydrogen (secondary N) is 5. The lowest BCUT2D eigenvalue weighted by Gasteiger charge is -2.17. The number of hydrogen-bond acceptors (Lipinski definition) is 6. The van der Waals surface area contributed by atoms with E-state index in [1.807, 2.05) is 54.6 Å². The fourth-order valence-corrected chi connectivity index (χ4v) is 3.41. The molecule has 0 saturated carbocycles. The minimum absolute atomic E-state index is 0.0112. The average molecular weight is 390 g/mol. The van der Waals surface area contributed by atoms with Crippen LogP contribution in [0, 0.1) is 16.7 Å². The molecule has 0 spiro atoms. The number of hydrogen-bond donors (Lipinski definition) is 5. The summed E-state index contributed by atoms with van der Waals surface area (Å²) in [5, 5.41) is 24.8. The number of amides is 1. The first-order valence-electron chi connectivity index (χ1n) is 9.47. The third kappa shape index (κ3) is 4.17. The number of carbonyl (C=O) groups is 1. The standard InChI is InChI=1S/C21H22N6O2/c22-18(14-10-11-24-12-14)29-21(23)27-19-20(28)25-16-9-5-4-8-15(16)17(26-19)13-6-2-1-3-7-13/h1-9,14,19,22,24H,10-12H2,(H2,23,27)(H,25,28). The van der Waals surface area contributed by atoms with Crippen molar-refractivity contribution in [3.05, 3.63) is 65.7 Å². The Morgan fingerprint density at radius 1 is 1.10 bits per heavy atom. The second-order valence-electron chi connectivity index (χ2n) is 6.91. The van der Waals surface area contributed by atoms with Crippen molar-refractivity contribution in [1.29, 1.82) is 10.8 Å². The van der Waals surface area contributed by atoms with Gasteiger partial charge in [0.2, 0.25) is 6.17 Å². The molecule has 0 aliphatic carbocycles. The SMILES string of the molecule is N=C(NC1N=C(c2ccccc2)c2ccccc2NC1=O)OC(=N)C1CCNC1. The summed E-state index contributed by atoms with van der Waals surface area (Å²) >= 11 is 0. The molecule has 8 heteroatoms. The summed E-state index contributed by atoms with van der Waals surface area (Å²) in [5.74, 6) is -0.449. The number of ether oxygens (including phenoxy) is 1. The zero-order valence-electron chi connectivity index (χ0n) is 15.7. The van der Waals surface area contributed by atoms with E-state index in [0.29, 0.717) is 17.9 Å². The van der Waals surface area contributed by atoms with Crippen molar-refractivity contribution in [2.45, 2.75) is 12.6 Å². The molecule has 4 rings (SSSR count). The van der Waals surface area contributed by atoms with Gasteiger partial charge >= 0.3 is 0 Å². The number of fused-ring (bicyclic) bond motifs is 1. The van der Waals surface area contributed by atoms with Gasteiger partial charge in [-0.25, -0.2) is 4.99 Å². The Hall–Kier alpha value is -3.52. The first kappa shape index (κ1) is 18.8. The molecule has 2 aromatic rings. The van der Waals surface area contributed by atoms with Gasteiger partial charge in [-0.15, -0.1) is 0 Å². The van der Waals surface area contributed by atoms with Gasteiger partial charge in [-0.3, -0.25) is 15.6 Å². The molecular formula is C21H22N6O2. The first-order valence-corrected chi connectivity index (χ1v) is 9.47. The molecule has 2 heterocycles. The van der Waals surface area contributed by atoms with E-state index in [0.717, 1.165) is 24.1 Å². The Morgan fingerprint density at radius 2 is 1.86 bits per heavy atom. The van der Waals surface area contributed by atoms with E-state index in [4.69, 9.17) is 15.6 Å². The first-order chi connectivity index (χ1) is 14.1. The van der Waals surface area contributed by atoms with E-state index in [-0.39, 0.29) is 17.8 Å². The Morgan fingerprint density at radius 3 is 2.62 bits per heavy atom. The van der Waals surface area contributed by atoms with Crippen molar-refractivity contribution < 1.29 is 9.53 Å². The molecule has 0 bridgehead atoms. The molecule has 1 saturated heterocycles. The monoisotopic (exact) mass is 390 g/mol. The quantitative estimate of drug-likeness (QED) is 0.406. The van der Waals surface area contributed by atoms with Gasteiger partial charge in [-0.2, -0.15) is 0 Å². The predicted octanol–water partition coefficient (Wildman–Crippen LogP) is 1.93. The van der Waals surface area contributed by atoms with Crippen molar-refractivity contribution in [3.63, 3.8) is 0 Å². The lowest BCUT2D eigenvalue weighted by atomic mass is 10.0. The van der Waals surface area contributed by atoms with Crippen LogP contribution in [0.5, 0.6) is 0 Å². The Labute approximate surface area is 168 Å². The molecule has 0 radical (unpaired) electrons. The van der Waals surface area contributed by atoms with E-state index >= 15 is 0 Å². The van der Waals surface area contributed by atoms with E-state index < -0.39 is 12.1 Å². The second kappa shape index (κ2) is 8.24. The second-order valence-corrected chi connectivity index (χ2v) is 6.91. The van der Waals surface area contributed by atoms with Crippen LogP contribution in [-0.2, 0) is 9.53 Å². The maximum atomic E-state index is 12.7. The van der Waals surface area contributed by atoms with Crippen LogP contribution >= 0.6 is 0 Å². The number of benzene rings is 2. The fourth-order valence-electron chi connectivity index (χ4n) is 3.41. The topological polar surface area (TPSA) is 122 Å². The average Bonchev–Trinajstić information content (AvgIpc) is 3.23. The van der Waals surface area contributed by atoms with Crippen molar-refractivity contribution in [3.8, 4) is 0 Å². The van der Waals surface area contributed by atoms with Crippen LogP contribution in [0.25, 0.3) is 0 Å². The normalized spacial score (nSPS) is 20.7. The number of amidine groups is 1. The number of rotatable bonds is 3. The zero-order chi connectivity index (χ0) is 20.2. The van der Waals surface area contributed by atoms with E-state index in [9.17, 15) is 4.79 Å². The third-order valence-electron chi connectivity index (χ3n) is 4.90. The summed E-state index contributed by atoms with van der Waals surface area (Å²) < 4.78 is 5.31. The number of nitrogens with zero attached hydrogens (tertiary/aromatic N) is 1. The number of para-hydroxylation sites is 1. The number of anilines is 1. The Kier molecular flexibility index (Phi) is 5.35. The molecule has 29 heavy (non-hydrogen) atoms. The lowest BCUT2D eigenvalue weighted by molar-refractivity contribution is -0.117. The highest BCUT2D eigenvalue weighted by Gasteiger charge is 2.28. The number of carbonyl (C=O) groups excluding carboxylic acids is 1. The summed E-state index contributed by atoms with van der Waals surface area (Å²) in [7, 11) is 0. The van der Waals surface area contributed by atoms with Gasteiger partial charge < -0.3 is 20.7 Å². The smallest absolute Gasteiger partial charge is 0.290 e. The van der Waals surface area contributed by atoms with Crippen molar-refractivity contribution in [1.82, 2.24) is 10.6 Å². The van der Waals surface area contributed by atoms with E-state index in [1.165, 1.54) is 0 Å². The van der Waals surface area contributed by atoms with Crippen LogP contribution in [0.15, 0.2) is 59.6 Å². The summed E-state index contributed by atoms with van der Waals surface area (Å²) in [6.45, 7) is 1.48. The Bertz CT molecular complexity index is 966. The minimum atomic E-state index is -1.06. The highest BCUT2D eigenvalue weighted by molar-refractivity contribution is 6.19. The molecule has 0 aromatic heterocycles. The lowest BCUT2D eigenvalue weighted by Crippen LogP contribution is -2.44. The summed E-state index contributed by atoms with van der Waals surface area (Å²) in [6, 6.07) is 16.7. The van der Waals surface area contributed by atoms with Crippen LogP contribution in [0.4, 0.5) is 5.69 Å². The summed E-state index contributed by atoms with van der Waals surface area (Å²) in [4.78, 5) is 17.3. The van der Waals surface area contributed by atoms with Gasteiger partial charge in [-0.05, 0) is 19.0 Å². The Balaban J connectivity index is 1.59. The van der Waals surface area contributed by atoms with E-state index in [1.54, 1.807) is 0 Å². The van der Waals surface area contributed by atoms with Crippen LogP contribution in [-0.4, -0.2) is 42.8 Å². The molecule has 8 nitrogen and oxygen atoms in total. The molecule has 2 aliphatic rings. The minimum Gasteiger partial charge on any atom is -0.412 e. The third-order valence-corrected chi connectivity index (χ3v) is 4.90. The van der Waals surface area contributed by atoms with Crippen LogP contribution < -0.4 is 16.0 Å². The van der Waals surface area contributed by atoms with Gasteiger partial charge in [0.25, 0.3) is 11.9 Å². The van der Waals surface area contributed by atoms with Crippen molar-refractivity contribution in [2.75, 3.05) is 18.4 Å². The van der Waals surface area contributed by atoms with Gasteiger partial charge in [0, 0.05) is 23.6 Å². The van der Waals surface area contributed by atoms with Crippen LogP contribution in [0.3, 0.4) is 0 Å². The number of benzodiazepines with no additional fused rings is 1. The maximum Gasteiger partial charge on any atom is 0.290 e. The molecule has 2 aromatic carbocycles. The molecule has 2 unspecified atom stereocenters. The highest BCUT2D eigenvalue weighted by atomic mass is 16.5. The predicted molar refractivity (Wildman–Crippen MR) is 112 cm³/mol.